The summed E-state index contributed by atoms with van der Waals surface area (Å²) in [6.07, 6.45) is -4.98. The molecule has 9 heteroatoms. The van der Waals surface area contributed by atoms with E-state index in [-0.39, 0.29) is 34.6 Å². The zero-order chi connectivity index (χ0) is 22.2. The number of nitrogens with zero attached hydrogens (tertiary/aromatic N) is 1. The smallest absolute Gasteiger partial charge is 0.453 e. The van der Waals surface area contributed by atoms with Gasteiger partial charge in [-0.2, -0.15) is 13.2 Å². The van der Waals surface area contributed by atoms with Crippen LogP contribution in [0.2, 0.25) is 0 Å². The minimum atomic E-state index is -4.98. The SMILES string of the molecule is Cc1cccc(Oc2c(C(F)(F)F)oc3c(CN4CCOCC4)c(O)ccc3c2=O)c1. The molecule has 0 unspecified atom stereocenters. The highest BCUT2D eigenvalue weighted by Crippen LogP contribution is 2.40. The van der Waals surface area contributed by atoms with Gasteiger partial charge in [0, 0.05) is 19.6 Å². The fraction of sp³-hybridized carbons (Fsp3) is 0.318. The van der Waals surface area contributed by atoms with Crippen LogP contribution in [0.15, 0.2) is 45.6 Å². The molecule has 0 saturated carbocycles. The summed E-state index contributed by atoms with van der Waals surface area (Å²) in [5.74, 6) is -2.64. The first-order valence-electron chi connectivity index (χ1n) is 9.67. The van der Waals surface area contributed by atoms with Crippen molar-refractivity contribution >= 4 is 11.0 Å². The Morgan fingerprint density at radius 1 is 1.16 bits per heavy atom. The van der Waals surface area contributed by atoms with Crippen LogP contribution in [0, 0.1) is 6.92 Å². The van der Waals surface area contributed by atoms with Crippen molar-refractivity contribution in [1.82, 2.24) is 4.90 Å². The van der Waals surface area contributed by atoms with Gasteiger partial charge < -0.3 is 19.0 Å². The first-order chi connectivity index (χ1) is 14.7. The molecule has 0 bridgehead atoms. The molecule has 0 aliphatic carbocycles. The van der Waals surface area contributed by atoms with Crippen molar-refractivity contribution in [2.24, 2.45) is 0 Å². The molecule has 1 aromatic heterocycles. The van der Waals surface area contributed by atoms with E-state index in [2.05, 4.69) is 0 Å². The number of ether oxygens (including phenoxy) is 2. The summed E-state index contributed by atoms with van der Waals surface area (Å²) in [4.78, 5) is 14.9. The molecule has 0 radical (unpaired) electrons. The molecule has 0 spiro atoms. The normalized spacial score (nSPS) is 15.4. The Balaban J connectivity index is 1.88. The quantitative estimate of drug-likeness (QED) is 0.653. The second-order valence-corrected chi connectivity index (χ2v) is 7.33. The van der Waals surface area contributed by atoms with Gasteiger partial charge >= 0.3 is 6.18 Å². The third-order valence-electron chi connectivity index (χ3n) is 5.05. The Morgan fingerprint density at radius 2 is 1.90 bits per heavy atom. The number of aryl methyl sites for hydroxylation is 1. The van der Waals surface area contributed by atoms with Gasteiger partial charge in [0.15, 0.2) is 0 Å². The van der Waals surface area contributed by atoms with Crippen LogP contribution in [0.3, 0.4) is 0 Å². The first-order valence-corrected chi connectivity index (χ1v) is 9.67. The molecule has 2 aromatic carbocycles. The highest BCUT2D eigenvalue weighted by Gasteiger charge is 2.41. The molecule has 1 aliphatic rings. The summed E-state index contributed by atoms with van der Waals surface area (Å²) in [5, 5.41) is 10.2. The number of halogens is 3. The number of alkyl halides is 3. The van der Waals surface area contributed by atoms with Crippen LogP contribution >= 0.6 is 0 Å². The molecule has 1 saturated heterocycles. The molecule has 164 valence electrons. The van der Waals surface area contributed by atoms with Gasteiger partial charge in [-0.1, -0.05) is 12.1 Å². The Hall–Kier alpha value is -3.04. The van der Waals surface area contributed by atoms with E-state index in [1.165, 1.54) is 24.3 Å². The lowest BCUT2D eigenvalue weighted by Gasteiger charge is -2.27. The predicted octanol–water partition coefficient (Wildman–Crippen LogP) is 4.45. The predicted molar refractivity (Wildman–Crippen MR) is 106 cm³/mol. The van der Waals surface area contributed by atoms with Crippen LogP contribution in [-0.4, -0.2) is 36.3 Å². The highest BCUT2D eigenvalue weighted by molar-refractivity contribution is 5.83. The standard InChI is InChI=1S/C22H20F3NO5/c1-13-3-2-4-14(11-13)30-20-18(28)15-5-6-17(27)16(12-26-7-9-29-10-8-26)19(15)31-21(20)22(23,24)25/h2-6,11,27H,7-10,12H2,1H3. The Bertz CT molecular complexity index is 1170. The van der Waals surface area contributed by atoms with Crippen LogP contribution in [0.4, 0.5) is 13.2 Å². The second-order valence-electron chi connectivity index (χ2n) is 7.33. The highest BCUT2D eigenvalue weighted by atomic mass is 19.4. The molecule has 2 heterocycles. The minimum Gasteiger partial charge on any atom is -0.507 e. The van der Waals surface area contributed by atoms with Gasteiger partial charge in [0.25, 0.3) is 5.76 Å². The van der Waals surface area contributed by atoms with E-state index >= 15 is 0 Å². The largest absolute Gasteiger partial charge is 0.507 e. The van der Waals surface area contributed by atoms with Crippen molar-refractivity contribution in [3.8, 4) is 17.2 Å². The van der Waals surface area contributed by atoms with Gasteiger partial charge in [0.2, 0.25) is 11.2 Å². The number of hydrogen-bond acceptors (Lipinski definition) is 6. The fourth-order valence-corrected chi connectivity index (χ4v) is 3.50. The van der Waals surface area contributed by atoms with E-state index in [1.54, 1.807) is 19.1 Å². The average Bonchev–Trinajstić information content (AvgIpc) is 2.72. The van der Waals surface area contributed by atoms with E-state index < -0.39 is 23.1 Å². The van der Waals surface area contributed by atoms with Crippen molar-refractivity contribution < 1.29 is 32.2 Å². The number of morpholine rings is 1. The number of rotatable bonds is 4. The summed E-state index contributed by atoms with van der Waals surface area (Å²) in [6.45, 7) is 3.89. The summed E-state index contributed by atoms with van der Waals surface area (Å²) in [6, 6.07) is 8.85. The number of phenolic OH excluding ortho intramolecular Hbond substituents is 1. The van der Waals surface area contributed by atoms with Crippen LogP contribution in [0.5, 0.6) is 17.2 Å². The van der Waals surface area contributed by atoms with Gasteiger partial charge in [-0.25, -0.2) is 0 Å². The number of fused-ring (bicyclic) bond motifs is 1. The maximum Gasteiger partial charge on any atom is 0.453 e. The second kappa shape index (κ2) is 8.24. The van der Waals surface area contributed by atoms with Gasteiger partial charge in [0.1, 0.15) is 17.1 Å². The first kappa shape index (κ1) is 21.2. The van der Waals surface area contributed by atoms with Gasteiger partial charge in [0.05, 0.1) is 24.2 Å². The molecular formula is C22H20F3NO5. The summed E-state index contributed by atoms with van der Waals surface area (Å²) >= 11 is 0. The third kappa shape index (κ3) is 4.38. The number of hydrogen-bond donors (Lipinski definition) is 1. The van der Waals surface area contributed by atoms with Gasteiger partial charge in [-0.05, 0) is 36.8 Å². The average molecular weight is 435 g/mol. The zero-order valence-corrected chi connectivity index (χ0v) is 16.7. The molecule has 0 atom stereocenters. The maximum atomic E-state index is 13.8. The van der Waals surface area contributed by atoms with Crippen LogP contribution in [0.25, 0.3) is 11.0 Å². The van der Waals surface area contributed by atoms with Gasteiger partial charge in [-0.3, -0.25) is 9.69 Å². The lowest BCUT2D eigenvalue weighted by Crippen LogP contribution is -2.35. The third-order valence-corrected chi connectivity index (χ3v) is 5.05. The van der Waals surface area contributed by atoms with Gasteiger partial charge in [-0.15, -0.1) is 0 Å². The minimum absolute atomic E-state index is 0.0875. The lowest BCUT2D eigenvalue weighted by atomic mass is 10.1. The van der Waals surface area contributed by atoms with Crippen molar-refractivity contribution in [3.63, 3.8) is 0 Å². The van der Waals surface area contributed by atoms with Crippen LogP contribution < -0.4 is 10.2 Å². The fourth-order valence-electron chi connectivity index (χ4n) is 3.50. The maximum absolute atomic E-state index is 13.8. The molecule has 1 fully saturated rings. The molecule has 4 rings (SSSR count). The Morgan fingerprint density at radius 3 is 2.58 bits per heavy atom. The number of phenols is 1. The molecular weight excluding hydrogens is 415 g/mol. The van der Waals surface area contributed by atoms with Crippen LogP contribution in [0.1, 0.15) is 16.9 Å². The van der Waals surface area contributed by atoms with Crippen molar-refractivity contribution in [3.05, 3.63) is 63.5 Å². The monoisotopic (exact) mass is 435 g/mol. The molecule has 1 aliphatic heterocycles. The summed E-state index contributed by atoms with van der Waals surface area (Å²) in [7, 11) is 0. The summed E-state index contributed by atoms with van der Waals surface area (Å²) in [5.41, 5.74) is -0.392. The molecule has 0 amide bonds. The lowest BCUT2D eigenvalue weighted by molar-refractivity contribution is -0.154. The molecule has 31 heavy (non-hydrogen) atoms. The Labute approximate surface area is 175 Å². The van der Waals surface area contributed by atoms with E-state index in [0.717, 1.165) is 5.56 Å². The van der Waals surface area contributed by atoms with Crippen molar-refractivity contribution in [1.29, 1.82) is 0 Å². The van der Waals surface area contributed by atoms with E-state index in [0.29, 0.717) is 26.3 Å². The van der Waals surface area contributed by atoms with Crippen LogP contribution in [-0.2, 0) is 17.5 Å². The summed E-state index contributed by atoms with van der Waals surface area (Å²) < 4.78 is 57.3. The van der Waals surface area contributed by atoms with E-state index in [4.69, 9.17) is 13.9 Å². The van der Waals surface area contributed by atoms with E-state index in [9.17, 15) is 23.1 Å². The molecule has 3 aromatic rings. The van der Waals surface area contributed by atoms with Crippen molar-refractivity contribution in [2.75, 3.05) is 26.3 Å². The van der Waals surface area contributed by atoms with Crippen molar-refractivity contribution in [2.45, 2.75) is 19.6 Å². The number of aromatic hydroxyl groups is 1. The molecule has 6 nitrogen and oxygen atoms in total. The van der Waals surface area contributed by atoms with E-state index in [1.807, 2.05) is 4.90 Å². The Kier molecular flexibility index (Phi) is 5.63. The zero-order valence-electron chi connectivity index (χ0n) is 16.7. The molecule has 1 N–H and O–H groups in total. The topological polar surface area (TPSA) is 72.1 Å². The number of benzene rings is 2.